The van der Waals surface area contributed by atoms with Crippen molar-refractivity contribution in [1.82, 2.24) is 10.6 Å². The Morgan fingerprint density at radius 3 is 2.71 bits per heavy atom. The first kappa shape index (κ1) is 23.8. The highest BCUT2D eigenvalue weighted by Crippen LogP contribution is 2.27. The standard InChI is InChI=1S/C17H22ClFN2O4.CH2O2/c1-2-25-6-5-20-16(23)10-7-14(15(22)8-10)21-17(24)12-9-11(18)3-4-13(12)19;2-1-3/h3-4,9-10,14-15,22H,2,5-8H2,1H3,(H,20,23)(H,21,24);1H,(H,2,3)/t10-,14-,15-;/m0./s1. The zero-order valence-electron chi connectivity index (χ0n) is 15.4. The number of aliphatic hydroxyl groups is 1. The summed E-state index contributed by atoms with van der Waals surface area (Å²) in [6, 6.07) is 3.07. The van der Waals surface area contributed by atoms with Gasteiger partial charge in [-0.2, -0.15) is 0 Å². The number of ether oxygens (including phenoxy) is 1. The largest absolute Gasteiger partial charge is 0.483 e. The van der Waals surface area contributed by atoms with Crippen LogP contribution in [0.4, 0.5) is 4.39 Å². The van der Waals surface area contributed by atoms with Crippen molar-refractivity contribution in [2.24, 2.45) is 5.92 Å². The molecule has 1 aromatic carbocycles. The monoisotopic (exact) mass is 418 g/mol. The van der Waals surface area contributed by atoms with Crippen LogP contribution in [0.5, 0.6) is 0 Å². The van der Waals surface area contributed by atoms with Crippen LogP contribution in [-0.4, -0.2) is 60.4 Å². The van der Waals surface area contributed by atoms with Crippen LogP contribution in [0.1, 0.15) is 30.1 Å². The smallest absolute Gasteiger partial charge is 0.290 e. The van der Waals surface area contributed by atoms with Crippen LogP contribution in [0, 0.1) is 11.7 Å². The Morgan fingerprint density at radius 1 is 1.39 bits per heavy atom. The normalized spacial score (nSPS) is 20.6. The summed E-state index contributed by atoms with van der Waals surface area (Å²) >= 11 is 5.78. The molecule has 10 heteroatoms. The SMILES string of the molecule is CCOCCNC(=O)[C@H]1C[C@H](NC(=O)c2cc(Cl)ccc2F)[C@@H](O)C1.O=CO. The molecule has 0 heterocycles. The van der Waals surface area contributed by atoms with Crippen LogP contribution in [0.15, 0.2) is 18.2 Å². The van der Waals surface area contributed by atoms with Crippen LogP contribution in [0.25, 0.3) is 0 Å². The van der Waals surface area contributed by atoms with Crippen molar-refractivity contribution in [2.75, 3.05) is 19.8 Å². The van der Waals surface area contributed by atoms with Gasteiger partial charge in [-0.15, -0.1) is 0 Å². The summed E-state index contributed by atoms with van der Waals surface area (Å²) in [5, 5.41) is 22.5. The predicted octanol–water partition coefficient (Wildman–Crippen LogP) is 1.20. The summed E-state index contributed by atoms with van der Waals surface area (Å²) in [6.07, 6.45) is -0.340. The molecular formula is C18H24ClFN2O6. The zero-order valence-corrected chi connectivity index (χ0v) is 16.1. The van der Waals surface area contributed by atoms with Gasteiger partial charge in [0.05, 0.1) is 24.3 Å². The summed E-state index contributed by atoms with van der Waals surface area (Å²) in [4.78, 5) is 32.6. The molecule has 2 rings (SSSR count). The lowest BCUT2D eigenvalue weighted by atomic mass is 10.1. The molecular weight excluding hydrogens is 395 g/mol. The van der Waals surface area contributed by atoms with Crippen molar-refractivity contribution < 1.29 is 33.7 Å². The van der Waals surface area contributed by atoms with Gasteiger partial charge in [0, 0.05) is 24.1 Å². The van der Waals surface area contributed by atoms with Gasteiger partial charge in [-0.05, 0) is 38.0 Å². The highest BCUT2D eigenvalue weighted by atomic mass is 35.5. The number of carbonyl (C=O) groups is 3. The maximum Gasteiger partial charge on any atom is 0.290 e. The van der Waals surface area contributed by atoms with Crippen LogP contribution in [-0.2, 0) is 14.3 Å². The van der Waals surface area contributed by atoms with Gasteiger partial charge in [-0.3, -0.25) is 14.4 Å². The van der Waals surface area contributed by atoms with Crippen molar-refractivity contribution in [3.05, 3.63) is 34.6 Å². The van der Waals surface area contributed by atoms with Gasteiger partial charge in [0.15, 0.2) is 0 Å². The molecule has 0 bridgehead atoms. The third-order valence-corrected chi connectivity index (χ3v) is 4.37. The van der Waals surface area contributed by atoms with Gasteiger partial charge in [0.2, 0.25) is 5.91 Å². The van der Waals surface area contributed by atoms with Gasteiger partial charge in [0.1, 0.15) is 5.82 Å². The molecule has 4 N–H and O–H groups in total. The van der Waals surface area contributed by atoms with E-state index in [1.54, 1.807) is 0 Å². The van der Waals surface area contributed by atoms with Crippen molar-refractivity contribution in [1.29, 1.82) is 0 Å². The van der Waals surface area contributed by atoms with E-state index in [0.717, 1.165) is 6.07 Å². The first-order chi connectivity index (χ1) is 13.3. The van der Waals surface area contributed by atoms with Crippen LogP contribution in [0.3, 0.4) is 0 Å². The van der Waals surface area contributed by atoms with Crippen molar-refractivity contribution >= 4 is 29.9 Å². The minimum Gasteiger partial charge on any atom is -0.483 e. The molecule has 1 aromatic rings. The van der Waals surface area contributed by atoms with Gasteiger partial charge in [-0.1, -0.05) is 11.6 Å². The van der Waals surface area contributed by atoms with Crippen LogP contribution < -0.4 is 10.6 Å². The Labute approximate surface area is 167 Å². The summed E-state index contributed by atoms with van der Waals surface area (Å²) in [5.74, 6) is -1.96. The lowest BCUT2D eigenvalue weighted by Gasteiger charge is -2.16. The van der Waals surface area contributed by atoms with E-state index in [4.69, 9.17) is 26.2 Å². The number of hydrogen-bond donors (Lipinski definition) is 4. The average Bonchev–Trinajstić information content (AvgIpc) is 3.02. The minimum absolute atomic E-state index is 0.190. The number of nitrogens with one attached hydrogen (secondary N) is 2. The molecule has 8 nitrogen and oxygen atoms in total. The van der Waals surface area contributed by atoms with Gasteiger partial charge in [-0.25, -0.2) is 4.39 Å². The summed E-state index contributed by atoms with van der Waals surface area (Å²) in [7, 11) is 0. The van der Waals surface area contributed by atoms with Gasteiger partial charge >= 0.3 is 0 Å². The maximum atomic E-state index is 13.7. The van der Waals surface area contributed by atoms with E-state index in [-0.39, 0.29) is 35.8 Å². The quantitative estimate of drug-likeness (QED) is 0.389. The van der Waals surface area contributed by atoms with E-state index in [2.05, 4.69) is 10.6 Å². The molecule has 0 spiro atoms. The van der Waals surface area contributed by atoms with Crippen LogP contribution in [0.2, 0.25) is 5.02 Å². The molecule has 3 atom stereocenters. The van der Waals surface area contributed by atoms with Crippen molar-refractivity contribution in [3.8, 4) is 0 Å². The van der Waals surface area contributed by atoms with E-state index in [9.17, 15) is 19.1 Å². The second-order valence-corrected chi connectivity index (χ2v) is 6.47. The predicted molar refractivity (Wildman–Crippen MR) is 99.6 cm³/mol. The first-order valence-electron chi connectivity index (χ1n) is 8.71. The van der Waals surface area contributed by atoms with Gasteiger partial charge < -0.3 is 25.6 Å². The maximum absolute atomic E-state index is 13.7. The molecule has 1 aliphatic rings. The van der Waals surface area contributed by atoms with Gasteiger partial charge in [0.25, 0.3) is 12.4 Å². The Bertz CT molecular complexity index is 675. The summed E-state index contributed by atoms with van der Waals surface area (Å²) in [6.45, 7) is 3.01. The fraction of sp³-hybridized carbons (Fsp3) is 0.500. The highest BCUT2D eigenvalue weighted by Gasteiger charge is 2.37. The molecule has 1 aliphatic carbocycles. The molecule has 2 amide bonds. The Balaban J connectivity index is 0.00000122. The number of halogens is 2. The number of carboxylic acid groups (broad SMARTS) is 1. The molecule has 0 aromatic heterocycles. The Hall–Kier alpha value is -2.23. The number of hydrogen-bond acceptors (Lipinski definition) is 5. The number of amides is 2. The van der Waals surface area contributed by atoms with E-state index in [1.165, 1.54) is 12.1 Å². The molecule has 0 unspecified atom stereocenters. The second kappa shape index (κ2) is 12.3. The van der Waals surface area contributed by atoms with E-state index < -0.39 is 29.8 Å². The van der Waals surface area contributed by atoms with E-state index >= 15 is 0 Å². The van der Waals surface area contributed by atoms with E-state index in [0.29, 0.717) is 19.8 Å². The highest BCUT2D eigenvalue weighted by molar-refractivity contribution is 6.31. The van der Waals surface area contributed by atoms with E-state index in [1.807, 2.05) is 6.92 Å². The summed E-state index contributed by atoms with van der Waals surface area (Å²) in [5.41, 5.74) is -0.190. The summed E-state index contributed by atoms with van der Waals surface area (Å²) < 4.78 is 18.9. The Kier molecular flexibility index (Phi) is 10.4. The minimum atomic E-state index is -0.867. The third kappa shape index (κ3) is 7.41. The van der Waals surface area contributed by atoms with Crippen molar-refractivity contribution in [3.63, 3.8) is 0 Å². The lowest BCUT2D eigenvalue weighted by molar-refractivity contribution is -0.125. The molecule has 0 aliphatic heterocycles. The number of benzene rings is 1. The van der Waals surface area contributed by atoms with Crippen molar-refractivity contribution in [2.45, 2.75) is 31.9 Å². The average molecular weight is 419 g/mol. The molecule has 0 radical (unpaired) electrons. The number of aliphatic hydroxyl groups excluding tert-OH is 1. The second-order valence-electron chi connectivity index (χ2n) is 6.03. The molecule has 28 heavy (non-hydrogen) atoms. The lowest BCUT2D eigenvalue weighted by Crippen LogP contribution is -2.40. The zero-order chi connectivity index (χ0) is 21.1. The molecule has 0 saturated heterocycles. The molecule has 1 saturated carbocycles. The molecule has 1 fully saturated rings. The first-order valence-corrected chi connectivity index (χ1v) is 9.09. The molecule has 156 valence electrons. The topological polar surface area (TPSA) is 125 Å². The fourth-order valence-electron chi connectivity index (χ4n) is 2.84. The number of carbonyl (C=O) groups excluding carboxylic acids is 2. The fourth-order valence-corrected chi connectivity index (χ4v) is 3.01. The third-order valence-electron chi connectivity index (χ3n) is 4.14. The van der Waals surface area contributed by atoms with Crippen LogP contribution >= 0.6 is 11.6 Å². The Morgan fingerprint density at radius 2 is 2.07 bits per heavy atom. The number of rotatable bonds is 7.